The van der Waals surface area contributed by atoms with Crippen LogP contribution in [-0.4, -0.2) is 13.2 Å². The smallest absolute Gasteiger partial charge is 0.0469 e. The van der Waals surface area contributed by atoms with Crippen molar-refractivity contribution in [3.63, 3.8) is 0 Å². The topological polar surface area (TPSA) is 35.2 Å². The second-order valence-electron chi connectivity index (χ2n) is 4.03. The first kappa shape index (κ1) is 11.4. The average molecular weight is 317 g/mol. The average Bonchev–Trinajstić information content (AvgIpc) is 2.29. The highest BCUT2D eigenvalue weighted by atomic mass is 127. The van der Waals surface area contributed by atoms with E-state index in [9.17, 15) is 0 Å². The summed E-state index contributed by atoms with van der Waals surface area (Å²) in [5.41, 5.74) is 7.54. The Morgan fingerprint density at radius 3 is 2.73 bits per heavy atom. The lowest BCUT2D eigenvalue weighted by atomic mass is 9.88. The maximum atomic E-state index is 6.28. The molecule has 3 heteroatoms. The number of benzene rings is 1. The first-order valence-electron chi connectivity index (χ1n) is 5.36. The molecule has 1 atom stereocenters. The molecule has 1 heterocycles. The number of halogens is 1. The van der Waals surface area contributed by atoms with E-state index in [0.717, 1.165) is 26.1 Å². The van der Waals surface area contributed by atoms with Gasteiger partial charge in [-0.05, 0) is 59.0 Å². The van der Waals surface area contributed by atoms with Crippen molar-refractivity contribution in [1.29, 1.82) is 0 Å². The molecule has 2 nitrogen and oxygen atoms in total. The van der Waals surface area contributed by atoms with Crippen molar-refractivity contribution in [3.05, 3.63) is 33.4 Å². The zero-order valence-electron chi connectivity index (χ0n) is 8.66. The summed E-state index contributed by atoms with van der Waals surface area (Å²) in [5, 5.41) is 0. The highest BCUT2D eigenvalue weighted by Crippen LogP contribution is 2.28. The van der Waals surface area contributed by atoms with Crippen molar-refractivity contribution in [2.75, 3.05) is 13.2 Å². The van der Waals surface area contributed by atoms with E-state index in [-0.39, 0.29) is 6.04 Å². The highest BCUT2D eigenvalue weighted by Gasteiger charge is 2.22. The molecule has 15 heavy (non-hydrogen) atoms. The summed E-state index contributed by atoms with van der Waals surface area (Å²) in [6.07, 6.45) is 2.18. The van der Waals surface area contributed by atoms with Crippen molar-refractivity contribution in [2.45, 2.75) is 18.9 Å². The van der Waals surface area contributed by atoms with Gasteiger partial charge < -0.3 is 10.5 Å². The van der Waals surface area contributed by atoms with Gasteiger partial charge in [0.05, 0.1) is 0 Å². The van der Waals surface area contributed by atoms with Gasteiger partial charge in [0.25, 0.3) is 0 Å². The van der Waals surface area contributed by atoms with Gasteiger partial charge in [-0.1, -0.05) is 12.1 Å². The molecule has 1 aromatic rings. The van der Waals surface area contributed by atoms with Crippen molar-refractivity contribution in [3.8, 4) is 0 Å². The minimum atomic E-state index is 0.170. The summed E-state index contributed by atoms with van der Waals surface area (Å²) in [4.78, 5) is 0. The van der Waals surface area contributed by atoms with E-state index in [2.05, 4.69) is 46.9 Å². The SMILES string of the molecule is N[C@@H](c1cccc(I)c1)C1CCOCC1. The largest absolute Gasteiger partial charge is 0.381 e. The second kappa shape index (κ2) is 5.27. The third-order valence-electron chi connectivity index (χ3n) is 3.01. The molecule has 1 aliphatic rings. The van der Waals surface area contributed by atoms with Gasteiger partial charge in [-0.15, -0.1) is 0 Å². The second-order valence-corrected chi connectivity index (χ2v) is 5.28. The molecule has 2 rings (SSSR count). The molecule has 0 amide bonds. The number of ether oxygens (including phenoxy) is 1. The molecule has 0 unspecified atom stereocenters. The molecule has 82 valence electrons. The van der Waals surface area contributed by atoms with E-state index in [1.807, 2.05) is 0 Å². The lowest BCUT2D eigenvalue weighted by Gasteiger charge is -2.27. The summed E-state index contributed by atoms with van der Waals surface area (Å²) in [6, 6.07) is 8.66. The summed E-state index contributed by atoms with van der Waals surface area (Å²) in [5.74, 6) is 0.581. The molecule has 0 spiro atoms. The van der Waals surface area contributed by atoms with E-state index in [0.29, 0.717) is 5.92 Å². The molecule has 0 bridgehead atoms. The Balaban J connectivity index is 2.08. The van der Waals surface area contributed by atoms with E-state index in [4.69, 9.17) is 10.5 Å². The number of rotatable bonds is 2. The van der Waals surface area contributed by atoms with Gasteiger partial charge in [0, 0.05) is 22.8 Å². The highest BCUT2D eigenvalue weighted by molar-refractivity contribution is 14.1. The van der Waals surface area contributed by atoms with E-state index in [1.165, 1.54) is 9.13 Å². The van der Waals surface area contributed by atoms with E-state index < -0.39 is 0 Å². The Labute approximate surface area is 104 Å². The fourth-order valence-corrected chi connectivity index (χ4v) is 2.63. The van der Waals surface area contributed by atoms with Crippen LogP contribution in [0.4, 0.5) is 0 Å². The maximum Gasteiger partial charge on any atom is 0.0469 e. The molecule has 0 radical (unpaired) electrons. The minimum Gasteiger partial charge on any atom is -0.381 e. The van der Waals surface area contributed by atoms with Gasteiger partial charge in [0.15, 0.2) is 0 Å². The summed E-state index contributed by atoms with van der Waals surface area (Å²) in [7, 11) is 0. The van der Waals surface area contributed by atoms with Gasteiger partial charge in [-0.25, -0.2) is 0 Å². The lowest BCUT2D eigenvalue weighted by molar-refractivity contribution is 0.0584. The zero-order valence-corrected chi connectivity index (χ0v) is 10.8. The Morgan fingerprint density at radius 2 is 2.07 bits per heavy atom. The van der Waals surface area contributed by atoms with Gasteiger partial charge in [-0.2, -0.15) is 0 Å². The van der Waals surface area contributed by atoms with Crippen LogP contribution in [0, 0.1) is 9.49 Å². The molecule has 0 aromatic heterocycles. The molecule has 1 aromatic carbocycles. The predicted octanol–water partition coefficient (Wildman–Crippen LogP) is 2.72. The van der Waals surface area contributed by atoms with Crippen LogP contribution >= 0.6 is 22.6 Å². The first-order valence-corrected chi connectivity index (χ1v) is 6.44. The van der Waals surface area contributed by atoms with Crippen LogP contribution in [0.5, 0.6) is 0 Å². The number of hydrogen-bond acceptors (Lipinski definition) is 2. The monoisotopic (exact) mass is 317 g/mol. The standard InChI is InChI=1S/C12H16INO/c13-11-3-1-2-10(8-11)12(14)9-4-6-15-7-5-9/h1-3,8-9,12H,4-7,14H2/t12-/m1/s1. The molecular formula is C12H16INO. The van der Waals surface area contributed by atoms with Crippen LogP contribution in [0.15, 0.2) is 24.3 Å². The maximum absolute atomic E-state index is 6.28. The molecule has 1 fully saturated rings. The molecule has 0 saturated carbocycles. The van der Waals surface area contributed by atoms with Crippen molar-refractivity contribution in [1.82, 2.24) is 0 Å². The third kappa shape index (κ3) is 2.92. The molecule has 1 aliphatic heterocycles. The van der Waals surface area contributed by atoms with Crippen LogP contribution < -0.4 is 5.73 Å². The third-order valence-corrected chi connectivity index (χ3v) is 3.68. The molecule has 2 N–H and O–H groups in total. The van der Waals surface area contributed by atoms with Gasteiger partial charge in [-0.3, -0.25) is 0 Å². The van der Waals surface area contributed by atoms with Gasteiger partial charge in [0.2, 0.25) is 0 Å². The van der Waals surface area contributed by atoms with Gasteiger partial charge in [0.1, 0.15) is 0 Å². The van der Waals surface area contributed by atoms with Crippen molar-refractivity contribution >= 4 is 22.6 Å². The van der Waals surface area contributed by atoms with Crippen LogP contribution in [0.3, 0.4) is 0 Å². The van der Waals surface area contributed by atoms with Crippen molar-refractivity contribution < 1.29 is 4.74 Å². The van der Waals surface area contributed by atoms with Gasteiger partial charge >= 0.3 is 0 Å². The first-order chi connectivity index (χ1) is 7.27. The quantitative estimate of drug-likeness (QED) is 0.851. The number of nitrogens with two attached hydrogens (primary N) is 1. The molecular weight excluding hydrogens is 301 g/mol. The summed E-state index contributed by atoms with van der Waals surface area (Å²) in [6.45, 7) is 1.73. The minimum absolute atomic E-state index is 0.170. The zero-order chi connectivity index (χ0) is 10.7. The Kier molecular flexibility index (Phi) is 3.99. The molecule has 1 saturated heterocycles. The molecule has 0 aliphatic carbocycles. The van der Waals surface area contributed by atoms with E-state index in [1.54, 1.807) is 0 Å². The summed E-state index contributed by atoms with van der Waals surface area (Å²) < 4.78 is 6.61. The Bertz CT molecular complexity index is 323. The Morgan fingerprint density at radius 1 is 1.33 bits per heavy atom. The fraction of sp³-hybridized carbons (Fsp3) is 0.500. The number of hydrogen-bond donors (Lipinski definition) is 1. The fourth-order valence-electron chi connectivity index (χ4n) is 2.06. The van der Waals surface area contributed by atoms with Crippen LogP contribution in [0.25, 0.3) is 0 Å². The van der Waals surface area contributed by atoms with Crippen LogP contribution in [0.2, 0.25) is 0 Å². The normalized spacial score (nSPS) is 20.1. The van der Waals surface area contributed by atoms with E-state index >= 15 is 0 Å². The summed E-state index contributed by atoms with van der Waals surface area (Å²) >= 11 is 2.33. The van der Waals surface area contributed by atoms with Crippen molar-refractivity contribution in [2.24, 2.45) is 11.7 Å². The van der Waals surface area contributed by atoms with Crippen LogP contribution in [-0.2, 0) is 4.74 Å². The predicted molar refractivity (Wildman–Crippen MR) is 69.6 cm³/mol. The Hall–Kier alpha value is -0.130. The van der Waals surface area contributed by atoms with Crippen LogP contribution in [0.1, 0.15) is 24.4 Å². The lowest BCUT2D eigenvalue weighted by Crippen LogP contribution is -2.27.